The number of hydrogen-bond donors (Lipinski definition) is 1. The van der Waals surface area contributed by atoms with Crippen molar-refractivity contribution in [3.05, 3.63) is 0 Å². The zero-order chi connectivity index (χ0) is 12.5. The lowest BCUT2D eigenvalue weighted by molar-refractivity contribution is 0.0604. The van der Waals surface area contributed by atoms with Crippen molar-refractivity contribution in [2.45, 2.75) is 50.6 Å². The van der Waals surface area contributed by atoms with Crippen LogP contribution in [-0.4, -0.2) is 55.1 Å². The van der Waals surface area contributed by atoms with Crippen LogP contribution in [0.4, 0.5) is 0 Å². The van der Waals surface area contributed by atoms with Gasteiger partial charge < -0.3 is 10.6 Å². The van der Waals surface area contributed by atoms with Gasteiger partial charge in [-0.05, 0) is 52.1 Å². The summed E-state index contributed by atoms with van der Waals surface area (Å²) in [6.07, 6.45) is 6.65. The molecule has 0 spiro atoms. The molecule has 1 saturated carbocycles. The third-order valence-electron chi connectivity index (χ3n) is 5.15. The highest BCUT2D eigenvalue weighted by Gasteiger charge is 2.41. The van der Waals surface area contributed by atoms with E-state index in [1.54, 1.807) is 0 Å². The fourth-order valence-electron chi connectivity index (χ4n) is 3.54. The zero-order valence-electron chi connectivity index (χ0n) is 11.8. The van der Waals surface area contributed by atoms with Crippen molar-refractivity contribution in [3.63, 3.8) is 0 Å². The molecule has 100 valence electrons. The number of rotatable bonds is 3. The first-order chi connectivity index (χ1) is 8.07. The van der Waals surface area contributed by atoms with Crippen molar-refractivity contribution in [2.24, 2.45) is 11.7 Å². The molecule has 0 aromatic carbocycles. The van der Waals surface area contributed by atoms with Crippen LogP contribution in [0.1, 0.15) is 39.0 Å². The van der Waals surface area contributed by atoms with Crippen LogP contribution in [0, 0.1) is 5.92 Å². The van der Waals surface area contributed by atoms with Gasteiger partial charge in [0.1, 0.15) is 0 Å². The first kappa shape index (κ1) is 13.3. The molecule has 2 fully saturated rings. The summed E-state index contributed by atoms with van der Waals surface area (Å²) in [4.78, 5) is 5.07. The van der Waals surface area contributed by atoms with Crippen molar-refractivity contribution >= 4 is 0 Å². The van der Waals surface area contributed by atoms with Gasteiger partial charge in [0.25, 0.3) is 0 Å². The predicted octanol–water partition coefficient (Wildman–Crippen LogP) is 1.53. The second-order valence-corrected chi connectivity index (χ2v) is 6.46. The van der Waals surface area contributed by atoms with Gasteiger partial charge in [-0.15, -0.1) is 0 Å². The van der Waals surface area contributed by atoms with E-state index in [1.807, 2.05) is 0 Å². The van der Waals surface area contributed by atoms with E-state index in [9.17, 15) is 0 Å². The topological polar surface area (TPSA) is 32.5 Å². The van der Waals surface area contributed by atoms with Crippen molar-refractivity contribution in [3.8, 4) is 0 Å². The van der Waals surface area contributed by atoms with Crippen molar-refractivity contribution in [1.29, 1.82) is 0 Å². The highest BCUT2D eigenvalue weighted by atomic mass is 15.3. The van der Waals surface area contributed by atoms with E-state index in [0.717, 1.165) is 18.5 Å². The Balaban J connectivity index is 1.99. The van der Waals surface area contributed by atoms with E-state index in [1.165, 1.54) is 45.2 Å². The Hall–Kier alpha value is -0.120. The molecule has 1 atom stereocenters. The second-order valence-electron chi connectivity index (χ2n) is 6.46. The van der Waals surface area contributed by atoms with Crippen LogP contribution in [-0.2, 0) is 0 Å². The standard InChI is InChI=1S/C14H29N3/c1-12-4-7-14(11-15,8-5-12)17-9-6-13(10-17)16(2)3/h12-13H,4-11,15H2,1-3H3. The summed E-state index contributed by atoms with van der Waals surface area (Å²) in [6, 6.07) is 0.734. The van der Waals surface area contributed by atoms with Gasteiger partial charge in [0.15, 0.2) is 0 Å². The second kappa shape index (κ2) is 5.25. The lowest BCUT2D eigenvalue weighted by Gasteiger charge is -2.46. The van der Waals surface area contributed by atoms with E-state index >= 15 is 0 Å². The molecule has 1 unspecified atom stereocenters. The quantitative estimate of drug-likeness (QED) is 0.811. The number of nitrogens with two attached hydrogens (primary N) is 1. The van der Waals surface area contributed by atoms with Crippen LogP contribution >= 0.6 is 0 Å². The van der Waals surface area contributed by atoms with E-state index < -0.39 is 0 Å². The maximum atomic E-state index is 6.13. The molecule has 0 bridgehead atoms. The van der Waals surface area contributed by atoms with Crippen molar-refractivity contribution < 1.29 is 0 Å². The average molecular weight is 239 g/mol. The molecule has 2 aliphatic rings. The minimum atomic E-state index is 0.331. The first-order valence-corrected chi connectivity index (χ1v) is 7.19. The summed E-state index contributed by atoms with van der Waals surface area (Å²) in [7, 11) is 4.40. The van der Waals surface area contributed by atoms with Crippen LogP contribution in [0.3, 0.4) is 0 Å². The number of likely N-dealkylation sites (tertiary alicyclic amines) is 1. The largest absolute Gasteiger partial charge is 0.329 e. The summed E-state index contributed by atoms with van der Waals surface area (Å²) >= 11 is 0. The number of nitrogens with zero attached hydrogens (tertiary/aromatic N) is 2. The lowest BCUT2D eigenvalue weighted by atomic mass is 9.76. The molecule has 17 heavy (non-hydrogen) atoms. The monoisotopic (exact) mass is 239 g/mol. The molecule has 3 heteroatoms. The summed E-state index contributed by atoms with van der Waals surface area (Å²) in [5.74, 6) is 0.905. The molecule has 0 amide bonds. The minimum absolute atomic E-state index is 0.331. The van der Waals surface area contributed by atoms with E-state index in [0.29, 0.717) is 5.54 Å². The third kappa shape index (κ3) is 2.67. The maximum absolute atomic E-state index is 6.13. The van der Waals surface area contributed by atoms with E-state index in [4.69, 9.17) is 5.73 Å². The predicted molar refractivity (Wildman–Crippen MR) is 73.1 cm³/mol. The number of likely N-dealkylation sites (N-methyl/N-ethyl adjacent to an activating group) is 1. The normalized spacial score (nSPS) is 40.1. The van der Waals surface area contributed by atoms with Gasteiger partial charge in [0.05, 0.1) is 0 Å². The van der Waals surface area contributed by atoms with Gasteiger partial charge in [-0.1, -0.05) is 6.92 Å². The third-order valence-corrected chi connectivity index (χ3v) is 5.15. The summed E-state index contributed by atoms with van der Waals surface area (Å²) in [6.45, 7) is 5.69. The first-order valence-electron chi connectivity index (χ1n) is 7.19. The Morgan fingerprint density at radius 2 is 1.88 bits per heavy atom. The van der Waals surface area contributed by atoms with Gasteiger partial charge in [0.2, 0.25) is 0 Å². The molecule has 2 N–H and O–H groups in total. The average Bonchev–Trinajstić information content (AvgIpc) is 2.81. The molecule has 1 aliphatic heterocycles. The molecule has 1 saturated heterocycles. The van der Waals surface area contributed by atoms with Crippen LogP contribution in [0.2, 0.25) is 0 Å². The van der Waals surface area contributed by atoms with Crippen molar-refractivity contribution in [1.82, 2.24) is 9.80 Å². The van der Waals surface area contributed by atoms with Crippen LogP contribution in [0.25, 0.3) is 0 Å². The molecule has 0 aromatic heterocycles. The minimum Gasteiger partial charge on any atom is -0.329 e. The molecule has 0 radical (unpaired) electrons. The molecule has 3 nitrogen and oxygen atoms in total. The molecule has 2 rings (SSSR count). The zero-order valence-corrected chi connectivity index (χ0v) is 11.8. The molecule has 1 aliphatic carbocycles. The van der Waals surface area contributed by atoms with E-state index in [2.05, 4.69) is 30.8 Å². The summed E-state index contributed by atoms with van der Waals surface area (Å²) in [5.41, 5.74) is 6.46. The fraction of sp³-hybridized carbons (Fsp3) is 1.00. The van der Waals surface area contributed by atoms with Crippen LogP contribution < -0.4 is 5.73 Å². The van der Waals surface area contributed by atoms with E-state index in [-0.39, 0.29) is 0 Å². The highest BCUT2D eigenvalue weighted by molar-refractivity contribution is 4.99. The van der Waals surface area contributed by atoms with Gasteiger partial charge in [-0.25, -0.2) is 0 Å². The molecular weight excluding hydrogens is 210 g/mol. The SMILES string of the molecule is CC1CCC(CN)(N2CCC(N(C)C)C2)CC1. The van der Waals surface area contributed by atoms with Gasteiger partial charge in [-0.3, -0.25) is 4.90 Å². The van der Waals surface area contributed by atoms with Crippen LogP contribution in [0.5, 0.6) is 0 Å². The highest BCUT2D eigenvalue weighted by Crippen LogP contribution is 2.37. The fourth-order valence-corrected chi connectivity index (χ4v) is 3.54. The summed E-state index contributed by atoms with van der Waals surface area (Å²) in [5, 5.41) is 0. The van der Waals surface area contributed by atoms with Gasteiger partial charge in [0, 0.05) is 31.2 Å². The van der Waals surface area contributed by atoms with Crippen LogP contribution in [0.15, 0.2) is 0 Å². The van der Waals surface area contributed by atoms with Crippen molar-refractivity contribution in [2.75, 3.05) is 33.7 Å². The smallest absolute Gasteiger partial charge is 0.0332 e. The summed E-state index contributed by atoms with van der Waals surface area (Å²) < 4.78 is 0. The Kier molecular flexibility index (Phi) is 4.11. The van der Waals surface area contributed by atoms with Gasteiger partial charge in [-0.2, -0.15) is 0 Å². The maximum Gasteiger partial charge on any atom is 0.0332 e. The molecule has 1 heterocycles. The Labute approximate surface area is 106 Å². The lowest BCUT2D eigenvalue weighted by Crippen LogP contribution is -2.55. The molecular formula is C14H29N3. The number of hydrogen-bond acceptors (Lipinski definition) is 3. The Morgan fingerprint density at radius 3 is 2.35 bits per heavy atom. The Morgan fingerprint density at radius 1 is 1.24 bits per heavy atom. The van der Waals surface area contributed by atoms with Gasteiger partial charge >= 0.3 is 0 Å². The Bertz CT molecular complexity index is 244. The molecule has 0 aromatic rings.